The second-order valence-electron chi connectivity index (χ2n) is 4.82. The van der Waals surface area contributed by atoms with Crippen LogP contribution in [0.4, 0.5) is 0 Å². The highest BCUT2D eigenvalue weighted by molar-refractivity contribution is 5.35. The van der Waals surface area contributed by atoms with Crippen LogP contribution in [-0.2, 0) is 4.74 Å². The van der Waals surface area contributed by atoms with Crippen LogP contribution in [0.1, 0.15) is 37.8 Å². The van der Waals surface area contributed by atoms with Crippen LogP contribution < -0.4 is 10.1 Å². The van der Waals surface area contributed by atoms with E-state index < -0.39 is 0 Å². The fraction of sp³-hybridized carbons (Fsp3) is 0.500. The summed E-state index contributed by atoms with van der Waals surface area (Å²) < 4.78 is 11.0. The van der Waals surface area contributed by atoms with Crippen LogP contribution in [0.5, 0.6) is 5.75 Å². The maximum absolute atomic E-state index is 5.59. The van der Waals surface area contributed by atoms with Crippen LogP contribution in [0.2, 0.25) is 0 Å². The molecule has 0 spiro atoms. The summed E-state index contributed by atoms with van der Waals surface area (Å²) >= 11 is 0. The molecule has 0 fully saturated rings. The minimum Gasteiger partial charge on any atom is -0.497 e. The fourth-order valence-electron chi connectivity index (χ4n) is 2.44. The zero-order valence-corrected chi connectivity index (χ0v) is 11.8. The first-order valence-electron chi connectivity index (χ1n) is 7.02. The minimum atomic E-state index is 0.286. The van der Waals surface area contributed by atoms with E-state index in [1.54, 1.807) is 7.11 Å². The lowest BCUT2D eigenvalue weighted by molar-refractivity contribution is 0.119. The van der Waals surface area contributed by atoms with Crippen molar-refractivity contribution < 1.29 is 9.47 Å². The minimum absolute atomic E-state index is 0.286. The van der Waals surface area contributed by atoms with Crippen LogP contribution in [0.15, 0.2) is 36.6 Å². The molecule has 1 aliphatic heterocycles. The third-order valence-electron chi connectivity index (χ3n) is 3.54. The van der Waals surface area contributed by atoms with E-state index in [1.165, 1.54) is 5.56 Å². The van der Waals surface area contributed by atoms with Gasteiger partial charge in [0.25, 0.3) is 0 Å². The number of ether oxygens (including phenoxy) is 2. The van der Waals surface area contributed by atoms with Gasteiger partial charge in [0.2, 0.25) is 0 Å². The maximum Gasteiger partial charge on any atom is 0.123 e. The molecule has 0 amide bonds. The Morgan fingerprint density at radius 3 is 2.95 bits per heavy atom. The molecule has 0 bridgehead atoms. The van der Waals surface area contributed by atoms with Crippen molar-refractivity contribution in [2.24, 2.45) is 0 Å². The van der Waals surface area contributed by atoms with Crippen molar-refractivity contribution in [3.05, 3.63) is 42.2 Å². The standard InChI is InChI=1S/C16H23NO2/c1-3-15(14-9-4-5-10-16(14)18-2)17-12-13-8-6-7-11-19-13/h4-5,7,9-11,13,15,17H,3,6,8,12H2,1-2H3. The molecule has 19 heavy (non-hydrogen) atoms. The first-order chi connectivity index (χ1) is 9.35. The van der Waals surface area contributed by atoms with E-state index in [9.17, 15) is 0 Å². The first kappa shape index (κ1) is 13.9. The third kappa shape index (κ3) is 3.74. The van der Waals surface area contributed by atoms with Gasteiger partial charge in [-0.05, 0) is 31.4 Å². The largest absolute Gasteiger partial charge is 0.497 e. The molecular formula is C16H23NO2. The highest BCUT2D eigenvalue weighted by Gasteiger charge is 2.17. The second kappa shape index (κ2) is 7.19. The van der Waals surface area contributed by atoms with Crippen LogP contribution in [-0.4, -0.2) is 19.8 Å². The molecule has 1 heterocycles. The van der Waals surface area contributed by atoms with Crippen molar-refractivity contribution >= 4 is 0 Å². The average Bonchev–Trinajstić information content (AvgIpc) is 2.49. The third-order valence-corrected chi connectivity index (χ3v) is 3.54. The van der Waals surface area contributed by atoms with Gasteiger partial charge >= 0.3 is 0 Å². The number of allylic oxidation sites excluding steroid dienone is 1. The Morgan fingerprint density at radius 2 is 2.26 bits per heavy atom. The zero-order chi connectivity index (χ0) is 13.5. The lowest BCUT2D eigenvalue weighted by Crippen LogP contribution is -2.32. The van der Waals surface area contributed by atoms with Crippen LogP contribution in [0, 0.1) is 0 Å². The van der Waals surface area contributed by atoms with Gasteiger partial charge in [-0.2, -0.15) is 0 Å². The highest BCUT2D eigenvalue weighted by Crippen LogP contribution is 2.27. The predicted molar refractivity (Wildman–Crippen MR) is 77.3 cm³/mol. The summed E-state index contributed by atoms with van der Waals surface area (Å²) in [6, 6.07) is 8.51. The number of benzene rings is 1. The Hall–Kier alpha value is -1.48. The van der Waals surface area contributed by atoms with Crippen LogP contribution in [0.25, 0.3) is 0 Å². The average molecular weight is 261 g/mol. The van der Waals surface area contributed by atoms with Gasteiger partial charge in [0.15, 0.2) is 0 Å². The summed E-state index contributed by atoms with van der Waals surface area (Å²) in [6.07, 6.45) is 7.41. The number of methoxy groups -OCH3 is 1. The molecule has 1 aromatic carbocycles. The summed E-state index contributed by atoms with van der Waals surface area (Å²) in [7, 11) is 1.72. The van der Waals surface area contributed by atoms with Crippen molar-refractivity contribution in [1.82, 2.24) is 5.32 Å². The molecule has 0 saturated carbocycles. The second-order valence-corrected chi connectivity index (χ2v) is 4.82. The van der Waals surface area contributed by atoms with E-state index in [0.29, 0.717) is 6.04 Å². The Kier molecular flexibility index (Phi) is 5.28. The fourth-order valence-corrected chi connectivity index (χ4v) is 2.44. The van der Waals surface area contributed by atoms with Gasteiger partial charge < -0.3 is 14.8 Å². The quantitative estimate of drug-likeness (QED) is 0.851. The van der Waals surface area contributed by atoms with Gasteiger partial charge in [0, 0.05) is 18.2 Å². The summed E-state index contributed by atoms with van der Waals surface area (Å²) in [4.78, 5) is 0. The Bertz CT molecular complexity index is 417. The predicted octanol–water partition coefficient (Wildman–Crippen LogP) is 3.43. The van der Waals surface area contributed by atoms with Gasteiger partial charge in [-0.3, -0.25) is 0 Å². The Balaban J connectivity index is 1.97. The highest BCUT2D eigenvalue weighted by atomic mass is 16.5. The molecule has 3 heteroatoms. The zero-order valence-electron chi connectivity index (χ0n) is 11.8. The Labute approximate surface area is 115 Å². The SMILES string of the molecule is CCC(NCC1CCC=CO1)c1ccccc1OC. The Morgan fingerprint density at radius 1 is 1.42 bits per heavy atom. The topological polar surface area (TPSA) is 30.5 Å². The molecule has 0 aliphatic carbocycles. The molecule has 1 aliphatic rings. The molecule has 0 aromatic heterocycles. The summed E-state index contributed by atoms with van der Waals surface area (Å²) in [5.74, 6) is 0.950. The number of nitrogens with one attached hydrogen (secondary N) is 1. The molecule has 2 atom stereocenters. The van der Waals surface area contributed by atoms with Crippen molar-refractivity contribution in [2.75, 3.05) is 13.7 Å². The monoisotopic (exact) mass is 261 g/mol. The normalized spacial score (nSPS) is 19.8. The molecule has 1 aromatic rings. The van der Waals surface area contributed by atoms with E-state index in [4.69, 9.17) is 9.47 Å². The first-order valence-corrected chi connectivity index (χ1v) is 7.02. The summed E-state index contributed by atoms with van der Waals surface area (Å²) in [6.45, 7) is 3.06. The number of hydrogen-bond donors (Lipinski definition) is 1. The van der Waals surface area contributed by atoms with Gasteiger partial charge in [-0.25, -0.2) is 0 Å². The van der Waals surface area contributed by atoms with E-state index in [2.05, 4.69) is 30.4 Å². The van der Waals surface area contributed by atoms with Crippen molar-refractivity contribution in [2.45, 2.75) is 38.3 Å². The van der Waals surface area contributed by atoms with Gasteiger partial charge in [0.1, 0.15) is 11.9 Å². The van der Waals surface area contributed by atoms with Crippen molar-refractivity contribution in [3.63, 3.8) is 0 Å². The lowest BCUT2D eigenvalue weighted by Gasteiger charge is -2.24. The van der Waals surface area contributed by atoms with E-state index >= 15 is 0 Å². The van der Waals surface area contributed by atoms with E-state index in [0.717, 1.165) is 31.6 Å². The molecule has 0 saturated heterocycles. The summed E-state index contributed by atoms with van der Waals surface area (Å²) in [5.41, 5.74) is 1.22. The van der Waals surface area contributed by atoms with Crippen molar-refractivity contribution in [3.8, 4) is 5.75 Å². The van der Waals surface area contributed by atoms with Crippen LogP contribution >= 0.6 is 0 Å². The lowest BCUT2D eigenvalue weighted by atomic mass is 10.0. The number of rotatable bonds is 6. The molecule has 104 valence electrons. The van der Waals surface area contributed by atoms with Crippen LogP contribution in [0.3, 0.4) is 0 Å². The molecule has 1 N–H and O–H groups in total. The van der Waals surface area contributed by atoms with Gasteiger partial charge in [-0.1, -0.05) is 25.1 Å². The van der Waals surface area contributed by atoms with Gasteiger partial charge in [-0.15, -0.1) is 0 Å². The number of hydrogen-bond acceptors (Lipinski definition) is 3. The molecule has 2 rings (SSSR count). The summed E-state index contributed by atoms with van der Waals surface area (Å²) in [5, 5.41) is 3.59. The smallest absolute Gasteiger partial charge is 0.123 e. The van der Waals surface area contributed by atoms with E-state index in [-0.39, 0.29) is 6.10 Å². The molecule has 3 nitrogen and oxygen atoms in total. The van der Waals surface area contributed by atoms with E-state index in [1.807, 2.05) is 18.4 Å². The van der Waals surface area contributed by atoms with Crippen molar-refractivity contribution in [1.29, 1.82) is 0 Å². The molecule has 2 unspecified atom stereocenters. The number of para-hydroxylation sites is 1. The molecular weight excluding hydrogens is 238 g/mol. The van der Waals surface area contributed by atoms with Gasteiger partial charge in [0.05, 0.1) is 13.4 Å². The molecule has 0 radical (unpaired) electrons. The maximum atomic E-state index is 5.59.